The van der Waals surface area contributed by atoms with Gasteiger partial charge in [-0.2, -0.15) is 0 Å². The van der Waals surface area contributed by atoms with Gasteiger partial charge in [-0.25, -0.2) is 4.79 Å². The molecule has 31 heavy (non-hydrogen) atoms. The average molecular weight is 449 g/mol. The van der Waals surface area contributed by atoms with E-state index in [1.807, 2.05) is 6.92 Å². The van der Waals surface area contributed by atoms with Crippen molar-refractivity contribution in [1.29, 1.82) is 0 Å². The Morgan fingerprint density at radius 3 is 1.97 bits per heavy atom. The van der Waals surface area contributed by atoms with Gasteiger partial charge in [0.15, 0.2) is 8.32 Å². The summed E-state index contributed by atoms with van der Waals surface area (Å²) in [6.07, 6.45) is 13.4. The lowest BCUT2D eigenvalue weighted by Crippen LogP contribution is -2.43. The molecule has 0 fully saturated rings. The second-order valence-corrected chi connectivity index (χ2v) is 15.3. The lowest BCUT2D eigenvalue weighted by Gasteiger charge is -2.39. The highest BCUT2D eigenvalue weighted by atomic mass is 28.4. The van der Waals surface area contributed by atoms with Crippen molar-refractivity contribution in [3.8, 4) is 0 Å². The van der Waals surface area contributed by atoms with E-state index in [0.29, 0.717) is 0 Å². The summed E-state index contributed by atoms with van der Waals surface area (Å²) >= 11 is 0. The standard InChI is InChI=1S/C27H48O3Si/c1-21(2)14-12-15-22(3)18-25(30-31(10,11)27(6,7)8)19-23(4)16-13-17-24(5)20-26(28)29-9/h14,16,18,20,25H,12-13,15,17,19H2,1-11H3/b22-18+,23-16+,24-20+. The van der Waals surface area contributed by atoms with Crippen LogP contribution in [0.3, 0.4) is 0 Å². The number of carbonyl (C=O) groups excluding carboxylic acids is 1. The zero-order chi connectivity index (χ0) is 24.2. The Morgan fingerprint density at radius 1 is 0.903 bits per heavy atom. The van der Waals surface area contributed by atoms with Crippen molar-refractivity contribution in [2.75, 3.05) is 7.11 Å². The van der Waals surface area contributed by atoms with Crippen LogP contribution in [-0.4, -0.2) is 27.5 Å². The molecule has 178 valence electrons. The van der Waals surface area contributed by atoms with E-state index in [1.165, 1.54) is 23.8 Å². The molecule has 0 aliphatic carbocycles. The van der Waals surface area contributed by atoms with E-state index >= 15 is 0 Å². The molecule has 0 aromatic heterocycles. The number of rotatable bonds is 12. The van der Waals surface area contributed by atoms with Gasteiger partial charge in [0.1, 0.15) is 0 Å². The summed E-state index contributed by atoms with van der Waals surface area (Å²) in [4.78, 5) is 11.4. The van der Waals surface area contributed by atoms with Crippen LogP contribution >= 0.6 is 0 Å². The Kier molecular flexibility index (Phi) is 13.3. The van der Waals surface area contributed by atoms with Crippen molar-refractivity contribution >= 4 is 14.3 Å². The van der Waals surface area contributed by atoms with Crippen LogP contribution in [0.15, 0.2) is 46.6 Å². The van der Waals surface area contributed by atoms with Gasteiger partial charge in [0, 0.05) is 6.08 Å². The van der Waals surface area contributed by atoms with Crippen LogP contribution < -0.4 is 0 Å². The minimum absolute atomic E-state index is 0.107. The van der Waals surface area contributed by atoms with Crippen LogP contribution in [-0.2, 0) is 14.0 Å². The molecule has 0 spiro atoms. The first kappa shape index (κ1) is 29.6. The fraction of sp³-hybridized carbons (Fsp3) is 0.667. The Bertz CT molecular complexity index is 684. The predicted octanol–water partition coefficient (Wildman–Crippen LogP) is 8.31. The van der Waals surface area contributed by atoms with Crippen LogP contribution in [0.1, 0.15) is 87.5 Å². The van der Waals surface area contributed by atoms with Gasteiger partial charge in [0.25, 0.3) is 0 Å². The first-order chi connectivity index (χ1) is 14.2. The maximum atomic E-state index is 11.4. The van der Waals surface area contributed by atoms with Gasteiger partial charge < -0.3 is 9.16 Å². The maximum Gasteiger partial charge on any atom is 0.330 e. The maximum absolute atomic E-state index is 11.4. The minimum atomic E-state index is -1.87. The molecule has 0 saturated carbocycles. The third-order valence-electron chi connectivity index (χ3n) is 5.93. The molecule has 0 aromatic rings. The number of esters is 1. The van der Waals surface area contributed by atoms with Gasteiger partial charge in [-0.05, 0) is 84.9 Å². The highest BCUT2D eigenvalue weighted by Gasteiger charge is 2.38. The SMILES string of the molecule is COC(=O)/C=C(\C)CC/C=C(\C)CC(/C=C(\C)CCC=C(C)C)O[Si](C)(C)C(C)(C)C. The Labute approximate surface area is 193 Å². The van der Waals surface area contributed by atoms with Crippen LogP contribution in [0.25, 0.3) is 0 Å². The van der Waals surface area contributed by atoms with Crippen LogP contribution in [0, 0.1) is 0 Å². The normalized spacial score (nSPS) is 15.0. The molecule has 0 rings (SSSR count). The molecule has 1 unspecified atom stereocenters. The number of hydrogen-bond donors (Lipinski definition) is 0. The van der Waals surface area contributed by atoms with E-state index in [-0.39, 0.29) is 17.1 Å². The smallest absolute Gasteiger partial charge is 0.330 e. The number of ether oxygens (including phenoxy) is 1. The lowest BCUT2D eigenvalue weighted by atomic mass is 10.0. The molecular weight excluding hydrogens is 400 g/mol. The van der Waals surface area contributed by atoms with E-state index in [0.717, 1.165) is 37.7 Å². The Hall–Kier alpha value is -1.39. The molecule has 0 N–H and O–H groups in total. The molecule has 0 aliphatic heterocycles. The van der Waals surface area contributed by atoms with Crippen LogP contribution in [0.5, 0.6) is 0 Å². The zero-order valence-corrected chi connectivity index (χ0v) is 23.1. The van der Waals surface area contributed by atoms with Crippen LogP contribution in [0.4, 0.5) is 0 Å². The Morgan fingerprint density at radius 2 is 1.45 bits per heavy atom. The number of allylic oxidation sites excluding steroid dienone is 5. The molecule has 0 bridgehead atoms. The van der Waals surface area contributed by atoms with Crippen molar-refractivity contribution < 1.29 is 14.0 Å². The molecule has 0 radical (unpaired) electrons. The summed E-state index contributed by atoms with van der Waals surface area (Å²) in [5.41, 5.74) is 5.14. The second kappa shape index (κ2) is 13.9. The minimum Gasteiger partial charge on any atom is -0.466 e. The quantitative estimate of drug-likeness (QED) is 0.130. The van der Waals surface area contributed by atoms with Gasteiger partial charge in [-0.15, -0.1) is 0 Å². The van der Waals surface area contributed by atoms with E-state index < -0.39 is 8.32 Å². The van der Waals surface area contributed by atoms with E-state index in [2.05, 4.69) is 79.8 Å². The number of methoxy groups -OCH3 is 1. The van der Waals surface area contributed by atoms with Crippen LogP contribution in [0.2, 0.25) is 18.1 Å². The molecule has 0 saturated heterocycles. The third kappa shape index (κ3) is 13.6. The molecule has 1 atom stereocenters. The summed E-state index contributed by atoms with van der Waals surface area (Å²) in [5.74, 6) is -0.283. The van der Waals surface area contributed by atoms with Crippen molar-refractivity contribution in [1.82, 2.24) is 0 Å². The van der Waals surface area contributed by atoms with E-state index in [9.17, 15) is 4.79 Å². The largest absolute Gasteiger partial charge is 0.466 e. The highest BCUT2D eigenvalue weighted by Crippen LogP contribution is 2.38. The van der Waals surface area contributed by atoms with Gasteiger partial charge in [0.2, 0.25) is 0 Å². The number of hydrogen-bond acceptors (Lipinski definition) is 3. The fourth-order valence-electron chi connectivity index (χ4n) is 2.96. The van der Waals surface area contributed by atoms with Gasteiger partial charge in [0.05, 0.1) is 13.2 Å². The molecule has 3 nitrogen and oxygen atoms in total. The van der Waals surface area contributed by atoms with E-state index in [4.69, 9.17) is 9.16 Å². The predicted molar refractivity (Wildman–Crippen MR) is 138 cm³/mol. The van der Waals surface area contributed by atoms with Crippen molar-refractivity contribution in [2.45, 2.75) is 112 Å². The molecule has 0 amide bonds. The first-order valence-corrected chi connectivity index (χ1v) is 14.5. The van der Waals surface area contributed by atoms with Crippen molar-refractivity contribution in [3.63, 3.8) is 0 Å². The highest BCUT2D eigenvalue weighted by molar-refractivity contribution is 6.74. The molecule has 4 heteroatoms. The molecule has 0 aromatic carbocycles. The summed E-state index contributed by atoms with van der Waals surface area (Å²) in [6.45, 7) is 22.2. The zero-order valence-electron chi connectivity index (χ0n) is 22.1. The third-order valence-corrected chi connectivity index (χ3v) is 10.4. The van der Waals surface area contributed by atoms with Gasteiger partial charge in [-0.3, -0.25) is 0 Å². The summed E-state index contributed by atoms with van der Waals surface area (Å²) < 4.78 is 11.5. The van der Waals surface area contributed by atoms with E-state index in [1.54, 1.807) is 6.08 Å². The first-order valence-electron chi connectivity index (χ1n) is 11.6. The fourth-order valence-corrected chi connectivity index (χ4v) is 4.22. The molecule has 0 heterocycles. The van der Waals surface area contributed by atoms with Crippen molar-refractivity contribution in [2.24, 2.45) is 0 Å². The monoisotopic (exact) mass is 448 g/mol. The van der Waals surface area contributed by atoms with Crippen molar-refractivity contribution in [3.05, 3.63) is 46.6 Å². The summed E-state index contributed by atoms with van der Waals surface area (Å²) in [7, 11) is -0.456. The summed E-state index contributed by atoms with van der Waals surface area (Å²) in [6, 6.07) is 0. The van der Waals surface area contributed by atoms with Gasteiger partial charge in [-0.1, -0.05) is 61.3 Å². The summed E-state index contributed by atoms with van der Waals surface area (Å²) in [5, 5.41) is 0.183. The Balaban J connectivity index is 5.29. The molecular formula is C27H48O3Si. The second-order valence-electron chi connectivity index (χ2n) is 10.6. The number of carbonyl (C=O) groups is 1. The average Bonchev–Trinajstić information content (AvgIpc) is 2.59. The topological polar surface area (TPSA) is 35.5 Å². The lowest BCUT2D eigenvalue weighted by molar-refractivity contribution is -0.134. The molecule has 0 aliphatic rings. The van der Waals surface area contributed by atoms with Gasteiger partial charge >= 0.3 is 5.97 Å².